The summed E-state index contributed by atoms with van der Waals surface area (Å²) in [5.74, 6) is -0.172. The number of aromatic nitrogens is 3. The number of carbonyl (C=O) groups is 1. The van der Waals surface area contributed by atoms with Gasteiger partial charge in [-0.25, -0.2) is 0 Å². The van der Waals surface area contributed by atoms with Crippen molar-refractivity contribution in [1.29, 1.82) is 0 Å². The van der Waals surface area contributed by atoms with Crippen LogP contribution in [0.3, 0.4) is 0 Å². The first-order valence-electron chi connectivity index (χ1n) is 11.1. The highest BCUT2D eigenvalue weighted by Crippen LogP contribution is 2.50. The van der Waals surface area contributed by atoms with Crippen molar-refractivity contribution in [2.75, 3.05) is 0 Å². The van der Waals surface area contributed by atoms with Crippen molar-refractivity contribution < 1.29 is 18.0 Å². The number of hydrogen-bond acceptors (Lipinski definition) is 3. The lowest BCUT2D eigenvalue weighted by molar-refractivity contribution is -0.137. The number of pyridine rings is 1. The third kappa shape index (κ3) is 4.16. The van der Waals surface area contributed by atoms with Gasteiger partial charge >= 0.3 is 6.18 Å². The minimum Gasteiger partial charge on any atom is -0.348 e. The van der Waals surface area contributed by atoms with Gasteiger partial charge in [-0.15, -0.1) is 0 Å². The highest BCUT2D eigenvalue weighted by molar-refractivity contribution is 5.91. The van der Waals surface area contributed by atoms with Gasteiger partial charge in [0.05, 0.1) is 29.0 Å². The number of halogens is 3. The zero-order valence-corrected chi connectivity index (χ0v) is 18.7. The second-order valence-corrected chi connectivity index (χ2v) is 8.78. The summed E-state index contributed by atoms with van der Waals surface area (Å²) in [6.07, 6.45) is -0.188. The van der Waals surface area contributed by atoms with E-state index in [0.717, 1.165) is 39.9 Å². The monoisotopic (exact) mass is 464 g/mol. The molecule has 1 amide bonds. The SMILES string of the molecule is CC(NC(=O)[C@@H]1CC1c1cc(-c2ccc(C(F)(F)F)cc2)cc2c1cnn2C)c1ccccn1. The van der Waals surface area contributed by atoms with Gasteiger partial charge in [-0.05, 0) is 66.3 Å². The number of rotatable bonds is 5. The highest BCUT2D eigenvalue weighted by atomic mass is 19.4. The molecule has 0 spiro atoms. The second kappa shape index (κ2) is 8.27. The van der Waals surface area contributed by atoms with Crippen molar-refractivity contribution in [2.24, 2.45) is 13.0 Å². The van der Waals surface area contributed by atoms with Crippen molar-refractivity contribution in [1.82, 2.24) is 20.1 Å². The third-order valence-corrected chi connectivity index (χ3v) is 6.46. The van der Waals surface area contributed by atoms with E-state index >= 15 is 0 Å². The molecule has 4 aromatic rings. The van der Waals surface area contributed by atoms with Crippen LogP contribution >= 0.6 is 0 Å². The van der Waals surface area contributed by atoms with Crippen molar-refractivity contribution in [3.05, 3.63) is 83.8 Å². The average molecular weight is 464 g/mol. The Kier molecular flexibility index (Phi) is 5.38. The largest absolute Gasteiger partial charge is 0.416 e. The number of aryl methyl sites for hydroxylation is 1. The molecule has 1 N–H and O–H groups in total. The zero-order chi connectivity index (χ0) is 24.0. The van der Waals surface area contributed by atoms with Gasteiger partial charge in [-0.2, -0.15) is 18.3 Å². The van der Waals surface area contributed by atoms with E-state index in [-0.39, 0.29) is 23.8 Å². The van der Waals surface area contributed by atoms with Gasteiger partial charge in [0, 0.05) is 24.5 Å². The molecule has 2 unspecified atom stereocenters. The molecule has 0 radical (unpaired) electrons. The van der Waals surface area contributed by atoms with Gasteiger partial charge in [0.15, 0.2) is 0 Å². The van der Waals surface area contributed by atoms with E-state index in [4.69, 9.17) is 0 Å². The fourth-order valence-electron chi connectivity index (χ4n) is 4.45. The molecule has 1 aliphatic rings. The summed E-state index contributed by atoms with van der Waals surface area (Å²) in [7, 11) is 1.83. The molecular weight excluding hydrogens is 441 g/mol. The summed E-state index contributed by atoms with van der Waals surface area (Å²) in [5, 5.41) is 8.37. The number of nitrogens with zero attached hydrogens (tertiary/aromatic N) is 3. The van der Waals surface area contributed by atoms with E-state index in [9.17, 15) is 18.0 Å². The first-order chi connectivity index (χ1) is 16.2. The van der Waals surface area contributed by atoms with E-state index in [1.54, 1.807) is 17.1 Å². The van der Waals surface area contributed by atoms with Gasteiger partial charge in [0.2, 0.25) is 5.91 Å². The van der Waals surface area contributed by atoms with Crippen molar-refractivity contribution in [3.8, 4) is 11.1 Å². The predicted octanol–water partition coefficient (Wildman–Crippen LogP) is 5.64. The molecule has 8 heteroatoms. The van der Waals surface area contributed by atoms with Crippen LogP contribution in [0.2, 0.25) is 0 Å². The van der Waals surface area contributed by atoms with Gasteiger partial charge in [0.25, 0.3) is 0 Å². The number of fused-ring (bicyclic) bond motifs is 1. The van der Waals surface area contributed by atoms with Crippen LogP contribution in [0.15, 0.2) is 67.0 Å². The van der Waals surface area contributed by atoms with Crippen LogP contribution in [0.5, 0.6) is 0 Å². The lowest BCUT2D eigenvalue weighted by Gasteiger charge is -2.14. The molecular formula is C26H23F3N4O. The van der Waals surface area contributed by atoms with Gasteiger partial charge < -0.3 is 5.32 Å². The molecule has 3 atom stereocenters. The molecule has 34 heavy (non-hydrogen) atoms. The van der Waals surface area contributed by atoms with Crippen LogP contribution in [-0.4, -0.2) is 20.7 Å². The van der Waals surface area contributed by atoms with E-state index in [1.165, 1.54) is 12.1 Å². The van der Waals surface area contributed by atoms with Crippen molar-refractivity contribution in [3.63, 3.8) is 0 Å². The smallest absolute Gasteiger partial charge is 0.348 e. The standard InChI is InChI=1S/C26H23F3N4O/c1-15(23-5-3-4-10-30-23)32-25(34)21-13-20(21)19-11-17(12-24-22(19)14-31-33(24)2)16-6-8-18(9-7-16)26(27,28)29/h3-12,14-15,20-21H,13H2,1-2H3,(H,32,34)/t15?,20?,21-/m1/s1. The Morgan fingerprint density at radius 2 is 1.88 bits per heavy atom. The van der Waals surface area contributed by atoms with Crippen LogP contribution in [-0.2, 0) is 18.0 Å². The molecule has 0 saturated heterocycles. The Labute approximate surface area is 194 Å². The molecule has 5 rings (SSSR count). The topological polar surface area (TPSA) is 59.8 Å². The molecule has 2 aromatic heterocycles. The summed E-state index contributed by atoms with van der Waals surface area (Å²) < 4.78 is 40.7. The maximum Gasteiger partial charge on any atom is 0.416 e. The Bertz CT molecular complexity index is 1350. The fraction of sp³-hybridized carbons (Fsp3) is 0.269. The maximum atomic E-state index is 13.0. The van der Waals surface area contributed by atoms with E-state index in [2.05, 4.69) is 15.4 Å². The first kappa shape index (κ1) is 22.1. The number of amides is 1. The van der Waals surface area contributed by atoms with Crippen LogP contribution in [0.25, 0.3) is 22.0 Å². The Hall–Kier alpha value is -3.68. The van der Waals surface area contributed by atoms with Gasteiger partial charge in [-0.3, -0.25) is 14.5 Å². The number of benzene rings is 2. The van der Waals surface area contributed by atoms with Crippen LogP contribution in [0.4, 0.5) is 13.2 Å². The van der Waals surface area contributed by atoms with Crippen molar-refractivity contribution >= 4 is 16.8 Å². The van der Waals surface area contributed by atoms with E-state index in [1.807, 2.05) is 44.3 Å². The summed E-state index contributed by atoms with van der Waals surface area (Å²) in [5.41, 5.74) is 3.47. The second-order valence-electron chi connectivity index (χ2n) is 8.78. The zero-order valence-electron chi connectivity index (χ0n) is 18.7. The number of carbonyl (C=O) groups excluding carboxylic acids is 1. The summed E-state index contributed by atoms with van der Waals surface area (Å²) in [6.45, 7) is 1.90. The number of hydrogen-bond donors (Lipinski definition) is 1. The van der Waals surface area contributed by atoms with Crippen molar-refractivity contribution in [2.45, 2.75) is 31.5 Å². The first-order valence-corrected chi connectivity index (χ1v) is 11.1. The Morgan fingerprint density at radius 3 is 2.56 bits per heavy atom. The third-order valence-electron chi connectivity index (χ3n) is 6.46. The lowest BCUT2D eigenvalue weighted by Crippen LogP contribution is -2.28. The molecule has 2 aromatic carbocycles. The summed E-state index contributed by atoms with van der Waals surface area (Å²) in [6, 6.07) is 14.4. The molecule has 0 bridgehead atoms. The Balaban J connectivity index is 1.42. The van der Waals surface area contributed by atoms with E-state index in [0.29, 0.717) is 12.0 Å². The predicted molar refractivity (Wildman–Crippen MR) is 123 cm³/mol. The lowest BCUT2D eigenvalue weighted by atomic mass is 9.96. The molecule has 0 aliphatic heterocycles. The van der Waals surface area contributed by atoms with Gasteiger partial charge in [0.1, 0.15) is 0 Å². The van der Waals surface area contributed by atoms with Crippen LogP contribution in [0, 0.1) is 5.92 Å². The maximum absolute atomic E-state index is 13.0. The normalized spacial score (nSPS) is 18.6. The van der Waals surface area contributed by atoms with Crippen LogP contribution in [0.1, 0.15) is 42.1 Å². The Morgan fingerprint density at radius 1 is 1.12 bits per heavy atom. The molecule has 1 saturated carbocycles. The summed E-state index contributed by atoms with van der Waals surface area (Å²) in [4.78, 5) is 17.2. The minimum atomic E-state index is -4.38. The molecule has 5 nitrogen and oxygen atoms in total. The molecule has 1 fully saturated rings. The molecule has 1 aliphatic carbocycles. The van der Waals surface area contributed by atoms with E-state index < -0.39 is 11.7 Å². The summed E-state index contributed by atoms with van der Waals surface area (Å²) >= 11 is 0. The molecule has 2 heterocycles. The van der Waals surface area contributed by atoms with Gasteiger partial charge in [-0.1, -0.05) is 24.3 Å². The average Bonchev–Trinajstić information content (AvgIpc) is 3.55. The van der Waals surface area contributed by atoms with Crippen LogP contribution < -0.4 is 5.32 Å². The quantitative estimate of drug-likeness (QED) is 0.416. The highest BCUT2D eigenvalue weighted by Gasteiger charge is 2.45. The number of nitrogens with one attached hydrogen (secondary N) is 1. The molecule has 174 valence electrons. The fourth-order valence-corrected chi connectivity index (χ4v) is 4.45. The number of alkyl halides is 3. The minimum absolute atomic E-state index is 0.0250.